The number of piperidine rings is 1. The predicted molar refractivity (Wildman–Crippen MR) is 117 cm³/mol. The molecule has 172 valence electrons. The van der Waals surface area contributed by atoms with Crippen molar-refractivity contribution in [1.82, 2.24) is 20.3 Å². The fraction of sp³-hybridized carbons (Fsp3) is 0.875. The number of amides is 1. The molecule has 1 heterocycles. The standard InChI is InChI=1S/C16H30F3N5O3S.HI/c1-5-20-14(22-11-13(25)23-15(2,3)4)21-10-12-6-8-24(9-7-12)28(26,27)16(17,18)19;/h12H,5-11H2,1-4H3,(H,23,25)(H2,20,21,22);1H. The summed E-state index contributed by atoms with van der Waals surface area (Å²) in [6, 6.07) is 0. The number of nitrogens with zero attached hydrogens (tertiary/aromatic N) is 2. The van der Waals surface area contributed by atoms with E-state index in [1.54, 1.807) is 0 Å². The van der Waals surface area contributed by atoms with E-state index in [0.717, 1.165) is 0 Å². The van der Waals surface area contributed by atoms with Crippen molar-refractivity contribution in [3.8, 4) is 0 Å². The monoisotopic (exact) mass is 557 g/mol. The lowest BCUT2D eigenvalue weighted by molar-refractivity contribution is -0.121. The molecule has 0 radical (unpaired) electrons. The van der Waals surface area contributed by atoms with Crippen molar-refractivity contribution < 1.29 is 26.4 Å². The summed E-state index contributed by atoms with van der Waals surface area (Å²) in [6.45, 7) is 8.06. The number of rotatable bonds is 6. The highest BCUT2D eigenvalue weighted by atomic mass is 127. The quantitative estimate of drug-likeness (QED) is 0.262. The van der Waals surface area contributed by atoms with E-state index >= 15 is 0 Å². The summed E-state index contributed by atoms with van der Waals surface area (Å²) in [5.41, 5.74) is -5.63. The third kappa shape index (κ3) is 9.68. The van der Waals surface area contributed by atoms with E-state index in [-0.39, 0.29) is 61.0 Å². The number of sulfonamides is 1. The topological polar surface area (TPSA) is 103 Å². The van der Waals surface area contributed by atoms with Crippen LogP contribution in [-0.4, -0.2) is 68.4 Å². The van der Waals surface area contributed by atoms with Crippen LogP contribution in [0, 0.1) is 5.92 Å². The van der Waals surface area contributed by atoms with Gasteiger partial charge in [-0.3, -0.25) is 4.79 Å². The van der Waals surface area contributed by atoms with Gasteiger partial charge < -0.3 is 16.0 Å². The first-order valence-electron chi connectivity index (χ1n) is 9.16. The molecule has 1 aliphatic heterocycles. The fourth-order valence-corrected chi connectivity index (χ4v) is 3.68. The summed E-state index contributed by atoms with van der Waals surface area (Å²) in [5, 5.41) is 8.86. The molecule has 1 saturated heterocycles. The zero-order valence-corrected chi connectivity index (χ0v) is 20.2. The third-order valence-electron chi connectivity index (χ3n) is 4.00. The molecule has 8 nitrogen and oxygen atoms in total. The smallest absolute Gasteiger partial charge is 0.357 e. The molecule has 1 rings (SSSR count). The molecule has 0 spiro atoms. The summed E-state index contributed by atoms with van der Waals surface area (Å²) in [6.07, 6.45) is 0.623. The maximum atomic E-state index is 12.6. The number of halogens is 4. The van der Waals surface area contributed by atoms with Crippen LogP contribution in [0.3, 0.4) is 0 Å². The molecule has 1 fully saturated rings. The molecule has 0 aromatic carbocycles. The second kappa shape index (κ2) is 11.5. The lowest BCUT2D eigenvalue weighted by Gasteiger charge is -2.31. The minimum Gasteiger partial charge on any atom is -0.357 e. The molecule has 0 aliphatic carbocycles. The Kier molecular flexibility index (Phi) is 11.2. The van der Waals surface area contributed by atoms with Gasteiger partial charge in [0, 0.05) is 31.7 Å². The molecule has 3 N–H and O–H groups in total. The molecule has 29 heavy (non-hydrogen) atoms. The van der Waals surface area contributed by atoms with Gasteiger partial charge in [-0.25, -0.2) is 13.4 Å². The maximum absolute atomic E-state index is 12.6. The van der Waals surface area contributed by atoms with Crippen molar-refractivity contribution in [3.05, 3.63) is 0 Å². The van der Waals surface area contributed by atoms with Gasteiger partial charge in [-0.2, -0.15) is 17.5 Å². The van der Waals surface area contributed by atoms with E-state index < -0.39 is 15.5 Å². The summed E-state index contributed by atoms with van der Waals surface area (Å²) in [7, 11) is -5.26. The normalized spacial score (nSPS) is 17.4. The van der Waals surface area contributed by atoms with Gasteiger partial charge in [0.05, 0.1) is 0 Å². The molecule has 0 bridgehead atoms. The van der Waals surface area contributed by atoms with Crippen molar-refractivity contribution in [2.45, 2.75) is 51.6 Å². The summed E-state index contributed by atoms with van der Waals surface area (Å²) in [4.78, 5) is 16.1. The summed E-state index contributed by atoms with van der Waals surface area (Å²) < 4.78 is 61.2. The van der Waals surface area contributed by atoms with Gasteiger partial charge in [0.2, 0.25) is 5.91 Å². The van der Waals surface area contributed by atoms with E-state index in [4.69, 9.17) is 0 Å². The Morgan fingerprint density at radius 2 is 1.69 bits per heavy atom. The summed E-state index contributed by atoms with van der Waals surface area (Å²) in [5.74, 6) is 0.208. The zero-order chi connectivity index (χ0) is 21.6. The third-order valence-corrected chi connectivity index (χ3v) is 5.63. The number of nitrogens with one attached hydrogen (secondary N) is 3. The molecule has 13 heteroatoms. The zero-order valence-electron chi connectivity index (χ0n) is 17.1. The first-order valence-corrected chi connectivity index (χ1v) is 10.6. The largest absolute Gasteiger partial charge is 0.511 e. The van der Waals surface area contributed by atoms with Gasteiger partial charge in [-0.15, -0.1) is 24.0 Å². The van der Waals surface area contributed by atoms with Gasteiger partial charge in [0.25, 0.3) is 0 Å². The second-order valence-corrected chi connectivity index (χ2v) is 9.60. The first kappa shape index (κ1) is 28.2. The highest BCUT2D eigenvalue weighted by molar-refractivity contribution is 14.0. The van der Waals surface area contributed by atoms with E-state index in [1.165, 1.54) is 0 Å². The molecule has 0 unspecified atom stereocenters. The SMILES string of the molecule is CCNC(=NCC(=O)NC(C)(C)C)NCC1CCN(S(=O)(=O)C(F)(F)F)CC1.I. The Balaban J connectivity index is 0.00000784. The number of guanidine groups is 1. The molecule has 1 aliphatic rings. The van der Waals surface area contributed by atoms with Crippen LogP contribution in [0.2, 0.25) is 0 Å². The number of hydrogen-bond donors (Lipinski definition) is 3. The lowest BCUT2D eigenvalue weighted by Crippen LogP contribution is -2.47. The Morgan fingerprint density at radius 3 is 2.14 bits per heavy atom. The van der Waals surface area contributed by atoms with Gasteiger partial charge in [0.1, 0.15) is 6.54 Å². The van der Waals surface area contributed by atoms with Crippen molar-refractivity contribution in [3.63, 3.8) is 0 Å². The Labute approximate surface area is 187 Å². The van der Waals surface area contributed by atoms with Crippen LogP contribution in [0.15, 0.2) is 4.99 Å². The minimum absolute atomic E-state index is 0. The van der Waals surface area contributed by atoms with Crippen LogP contribution in [0.25, 0.3) is 0 Å². The molecule has 0 saturated carbocycles. The molecular formula is C16H31F3IN5O3S. The van der Waals surface area contributed by atoms with Crippen LogP contribution in [0.5, 0.6) is 0 Å². The van der Waals surface area contributed by atoms with Gasteiger partial charge >= 0.3 is 15.5 Å². The molecule has 0 aromatic heterocycles. The highest BCUT2D eigenvalue weighted by Gasteiger charge is 2.50. The number of hydrogen-bond acceptors (Lipinski definition) is 4. The average molecular weight is 557 g/mol. The average Bonchev–Trinajstić information content (AvgIpc) is 2.55. The predicted octanol–water partition coefficient (Wildman–Crippen LogP) is 1.64. The Morgan fingerprint density at radius 1 is 1.14 bits per heavy atom. The highest BCUT2D eigenvalue weighted by Crippen LogP contribution is 2.30. The Bertz CT molecular complexity index is 658. The molecule has 1 amide bonds. The van der Waals surface area contributed by atoms with Crippen LogP contribution in [0.1, 0.15) is 40.5 Å². The van der Waals surface area contributed by atoms with E-state index in [0.29, 0.717) is 36.2 Å². The van der Waals surface area contributed by atoms with Crippen molar-refractivity contribution >= 4 is 45.9 Å². The lowest BCUT2D eigenvalue weighted by atomic mass is 9.98. The minimum atomic E-state index is -5.27. The van der Waals surface area contributed by atoms with E-state index in [2.05, 4.69) is 20.9 Å². The first-order chi connectivity index (χ1) is 12.8. The van der Waals surface area contributed by atoms with Crippen molar-refractivity contribution in [2.75, 3.05) is 32.7 Å². The molecule has 0 aromatic rings. The number of aliphatic imine (C=N–C) groups is 1. The van der Waals surface area contributed by atoms with E-state index in [1.807, 2.05) is 27.7 Å². The van der Waals surface area contributed by atoms with Gasteiger partial charge in [0.15, 0.2) is 5.96 Å². The Hall–Kier alpha value is -0.830. The molecular weight excluding hydrogens is 526 g/mol. The van der Waals surface area contributed by atoms with Crippen LogP contribution in [0.4, 0.5) is 13.2 Å². The van der Waals surface area contributed by atoms with Gasteiger partial charge in [-0.05, 0) is 46.5 Å². The van der Waals surface area contributed by atoms with Crippen LogP contribution in [-0.2, 0) is 14.8 Å². The van der Waals surface area contributed by atoms with Crippen LogP contribution >= 0.6 is 24.0 Å². The number of carbonyl (C=O) groups is 1. The van der Waals surface area contributed by atoms with E-state index in [9.17, 15) is 26.4 Å². The summed E-state index contributed by atoms with van der Waals surface area (Å²) >= 11 is 0. The number of carbonyl (C=O) groups excluding carboxylic acids is 1. The fourth-order valence-electron chi connectivity index (χ4n) is 2.69. The van der Waals surface area contributed by atoms with Crippen molar-refractivity contribution in [1.29, 1.82) is 0 Å². The maximum Gasteiger partial charge on any atom is 0.511 e. The van der Waals surface area contributed by atoms with Crippen LogP contribution < -0.4 is 16.0 Å². The molecule has 0 atom stereocenters. The van der Waals surface area contributed by atoms with Gasteiger partial charge in [-0.1, -0.05) is 0 Å². The number of alkyl halides is 3. The second-order valence-electron chi connectivity index (χ2n) is 7.67. The van der Waals surface area contributed by atoms with Crippen molar-refractivity contribution in [2.24, 2.45) is 10.9 Å².